The molecule has 2 N–H and O–H groups in total. The maximum Gasteiger partial charge on any atom is 0.405 e. The first kappa shape index (κ1) is 16.8. The number of hydrogen-bond donors (Lipinski definition) is 2. The van der Waals surface area contributed by atoms with Crippen molar-refractivity contribution in [3.8, 4) is 11.4 Å². The maximum absolute atomic E-state index is 12.1. The van der Waals surface area contributed by atoms with Crippen molar-refractivity contribution in [1.82, 2.24) is 20.1 Å². The van der Waals surface area contributed by atoms with E-state index in [2.05, 4.69) is 15.5 Å². The lowest BCUT2D eigenvalue weighted by molar-refractivity contribution is -0.122. The minimum absolute atomic E-state index is 0.0899. The largest absolute Gasteiger partial charge is 0.405 e. The Bertz CT molecular complexity index is 681. The van der Waals surface area contributed by atoms with Gasteiger partial charge in [-0.05, 0) is 26.0 Å². The molecule has 1 aromatic heterocycles. The van der Waals surface area contributed by atoms with Crippen LogP contribution in [0.1, 0.15) is 19.9 Å². The highest BCUT2D eigenvalue weighted by Crippen LogP contribution is 2.27. The molecule has 6 nitrogen and oxygen atoms in total. The van der Waals surface area contributed by atoms with Crippen LogP contribution in [0.15, 0.2) is 30.6 Å². The molecule has 0 aliphatic rings. The van der Waals surface area contributed by atoms with Crippen molar-refractivity contribution in [3.63, 3.8) is 0 Å². The number of amides is 2. The summed E-state index contributed by atoms with van der Waals surface area (Å²) in [6.07, 6.45) is -2.91. The molecule has 0 atom stereocenters. The van der Waals surface area contributed by atoms with E-state index in [1.54, 1.807) is 40.5 Å². The third-order valence-electron chi connectivity index (χ3n) is 2.99. The standard InChI is InChI=1S/C14H16F3N5O/c1-9(2)22-8-19-21-12(22)10-5-3-4-6-11(10)20-13(23)18-7-14(15,16)17/h3-6,8-9H,7H2,1-2H3,(H2,18,20,23). The number of aromatic nitrogens is 3. The average molecular weight is 327 g/mol. The third kappa shape index (κ3) is 4.44. The van der Waals surface area contributed by atoms with Crippen LogP contribution in [0.5, 0.6) is 0 Å². The first-order valence-electron chi connectivity index (χ1n) is 6.88. The molecule has 1 aromatic carbocycles. The molecular weight excluding hydrogens is 311 g/mol. The van der Waals surface area contributed by atoms with Gasteiger partial charge in [-0.2, -0.15) is 13.2 Å². The smallest absolute Gasteiger partial charge is 0.329 e. The number of benzene rings is 1. The maximum atomic E-state index is 12.1. The van der Waals surface area contributed by atoms with Gasteiger partial charge in [0.05, 0.1) is 5.69 Å². The van der Waals surface area contributed by atoms with Crippen LogP contribution in [-0.4, -0.2) is 33.5 Å². The van der Waals surface area contributed by atoms with E-state index in [9.17, 15) is 18.0 Å². The molecule has 0 aliphatic carbocycles. The molecular formula is C14H16F3N5O. The molecule has 1 heterocycles. The lowest BCUT2D eigenvalue weighted by Gasteiger charge is -2.14. The zero-order chi connectivity index (χ0) is 17.0. The molecule has 0 aliphatic heterocycles. The van der Waals surface area contributed by atoms with E-state index >= 15 is 0 Å². The Kier molecular flexibility index (Phi) is 4.87. The molecule has 0 radical (unpaired) electrons. The number of para-hydroxylation sites is 1. The number of urea groups is 1. The number of nitrogens with one attached hydrogen (secondary N) is 2. The van der Waals surface area contributed by atoms with Crippen LogP contribution in [0, 0.1) is 0 Å². The lowest BCUT2D eigenvalue weighted by Crippen LogP contribution is -2.36. The predicted molar refractivity (Wildman–Crippen MR) is 78.9 cm³/mol. The van der Waals surface area contributed by atoms with Crippen molar-refractivity contribution < 1.29 is 18.0 Å². The fourth-order valence-corrected chi connectivity index (χ4v) is 1.95. The molecule has 124 valence electrons. The van der Waals surface area contributed by atoms with Crippen LogP contribution in [0.25, 0.3) is 11.4 Å². The van der Waals surface area contributed by atoms with Gasteiger partial charge in [-0.25, -0.2) is 4.79 Å². The molecule has 2 amide bonds. The second-order valence-corrected chi connectivity index (χ2v) is 5.12. The van der Waals surface area contributed by atoms with Crippen molar-refractivity contribution in [3.05, 3.63) is 30.6 Å². The van der Waals surface area contributed by atoms with Crippen LogP contribution in [0.4, 0.5) is 23.7 Å². The first-order valence-corrected chi connectivity index (χ1v) is 6.88. The van der Waals surface area contributed by atoms with Gasteiger partial charge < -0.3 is 15.2 Å². The zero-order valence-corrected chi connectivity index (χ0v) is 12.6. The summed E-state index contributed by atoms with van der Waals surface area (Å²) in [5, 5.41) is 12.0. The second kappa shape index (κ2) is 6.67. The summed E-state index contributed by atoms with van der Waals surface area (Å²) < 4.78 is 38.2. The molecule has 0 bridgehead atoms. The number of anilines is 1. The normalized spacial score (nSPS) is 11.6. The van der Waals surface area contributed by atoms with Crippen molar-refractivity contribution in [2.75, 3.05) is 11.9 Å². The summed E-state index contributed by atoms with van der Waals surface area (Å²) in [7, 11) is 0. The number of carbonyl (C=O) groups is 1. The molecule has 0 saturated carbocycles. The SMILES string of the molecule is CC(C)n1cnnc1-c1ccccc1NC(=O)NCC(F)(F)F. The van der Waals surface area contributed by atoms with E-state index in [1.807, 2.05) is 13.8 Å². The van der Waals surface area contributed by atoms with Crippen LogP contribution in [-0.2, 0) is 0 Å². The van der Waals surface area contributed by atoms with E-state index in [0.717, 1.165) is 0 Å². The second-order valence-electron chi connectivity index (χ2n) is 5.12. The van der Waals surface area contributed by atoms with Crippen LogP contribution in [0.2, 0.25) is 0 Å². The lowest BCUT2D eigenvalue weighted by atomic mass is 10.1. The molecule has 2 aromatic rings. The Labute approximate surface area is 130 Å². The van der Waals surface area contributed by atoms with Crippen LogP contribution in [0.3, 0.4) is 0 Å². The summed E-state index contributed by atoms with van der Waals surface area (Å²) >= 11 is 0. The minimum Gasteiger partial charge on any atom is -0.329 e. The predicted octanol–water partition coefficient (Wildman–Crippen LogP) is 3.21. The molecule has 23 heavy (non-hydrogen) atoms. The summed E-state index contributed by atoms with van der Waals surface area (Å²) in [6, 6.07) is 5.86. The topological polar surface area (TPSA) is 71.8 Å². The Morgan fingerprint density at radius 3 is 2.65 bits per heavy atom. The number of hydrogen-bond acceptors (Lipinski definition) is 3. The number of alkyl halides is 3. The van der Waals surface area contributed by atoms with Gasteiger partial charge in [0.25, 0.3) is 0 Å². The van der Waals surface area contributed by atoms with E-state index in [-0.39, 0.29) is 6.04 Å². The van der Waals surface area contributed by atoms with Crippen molar-refractivity contribution in [1.29, 1.82) is 0 Å². The fourth-order valence-electron chi connectivity index (χ4n) is 1.95. The molecule has 0 fully saturated rings. The highest BCUT2D eigenvalue weighted by Gasteiger charge is 2.27. The molecule has 2 rings (SSSR count). The summed E-state index contributed by atoms with van der Waals surface area (Å²) in [4.78, 5) is 11.6. The Morgan fingerprint density at radius 2 is 2.00 bits per heavy atom. The summed E-state index contributed by atoms with van der Waals surface area (Å²) in [6.45, 7) is 2.49. The van der Waals surface area contributed by atoms with E-state index in [1.165, 1.54) is 0 Å². The Morgan fingerprint density at radius 1 is 1.30 bits per heavy atom. The van der Waals surface area contributed by atoms with Gasteiger partial charge in [-0.15, -0.1) is 10.2 Å². The van der Waals surface area contributed by atoms with Gasteiger partial charge >= 0.3 is 12.2 Å². The van der Waals surface area contributed by atoms with Gasteiger partial charge in [-0.3, -0.25) is 0 Å². The molecule has 0 spiro atoms. The van der Waals surface area contributed by atoms with Gasteiger partial charge in [0.1, 0.15) is 12.9 Å². The molecule has 0 unspecified atom stereocenters. The van der Waals surface area contributed by atoms with Crippen LogP contribution >= 0.6 is 0 Å². The van der Waals surface area contributed by atoms with Crippen molar-refractivity contribution in [2.45, 2.75) is 26.1 Å². The molecule has 9 heteroatoms. The highest BCUT2D eigenvalue weighted by atomic mass is 19.4. The summed E-state index contributed by atoms with van der Waals surface area (Å²) in [5.74, 6) is 0.520. The van der Waals surface area contributed by atoms with Gasteiger partial charge in [0.15, 0.2) is 5.82 Å². The minimum atomic E-state index is -4.46. The van der Waals surface area contributed by atoms with Crippen molar-refractivity contribution >= 4 is 11.7 Å². The van der Waals surface area contributed by atoms with Gasteiger partial charge in [0, 0.05) is 11.6 Å². The monoisotopic (exact) mass is 327 g/mol. The van der Waals surface area contributed by atoms with Crippen molar-refractivity contribution in [2.24, 2.45) is 0 Å². The summed E-state index contributed by atoms with van der Waals surface area (Å²) in [5.41, 5.74) is 0.919. The Hall–Kier alpha value is -2.58. The van der Waals surface area contributed by atoms with E-state index in [4.69, 9.17) is 0 Å². The van der Waals surface area contributed by atoms with E-state index in [0.29, 0.717) is 17.1 Å². The number of nitrogens with zero attached hydrogens (tertiary/aromatic N) is 3. The quantitative estimate of drug-likeness (QED) is 0.906. The number of carbonyl (C=O) groups excluding carboxylic acids is 1. The van der Waals surface area contributed by atoms with Crippen LogP contribution < -0.4 is 10.6 Å². The van der Waals surface area contributed by atoms with E-state index < -0.39 is 18.8 Å². The number of halogens is 3. The fraction of sp³-hybridized carbons (Fsp3) is 0.357. The third-order valence-corrected chi connectivity index (χ3v) is 2.99. The highest BCUT2D eigenvalue weighted by molar-refractivity contribution is 5.93. The van der Waals surface area contributed by atoms with Gasteiger partial charge in [-0.1, -0.05) is 12.1 Å². The Balaban J connectivity index is 2.21. The first-order chi connectivity index (χ1) is 10.8. The zero-order valence-electron chi connectivity index (χ0n) is 12.6. The molecule has 0 saturated heterocycles. The average Bonchev–Trinajstić information content (AvgIpc) is 2.94. The van der Waals surface area contributed by atoms with Gasteiger partial charge in [0.2, 0.25) is 0 Å². The number of rotatable bonds is 4.